The fraction of sp³-hybridized carbons (Fsp3) is 0.0625. The molecular weight excluding hydrogens is 272 g/mol. The van der Waals surface area contributed by atoms with Gasteiger partial charge >= 0.3 is 0 Å². The van der Waals surface area contributed by atoms with Crippen LogP contribution in [0.4, 0.5) is 0 Å². The van der Waals surface area contributed by atoms with E-state index in [4.69, 9.17) is 11.6 Å². The number of rotatable bonds is 1. The maximum Gasteiger partial charge on any atom is 0.152 e. The summed E-state index contributed by atoms with van der Waals surface area (Å²) in [7, 11) is 0. The van der Waals surface area contributed by atoms with Crippen molar-refractivity contribution in [3.8, 4) is 11.4 Å². The van der Waals surface area contributed by atoms with E-state index in [0.717, 1.165) is 28.0 Å². The number of imidazole rings is 1. The molecule has 0 aliphatic carbocycles. The van der Waals surface area contributed by atoms with Crippen LogP contribution in [0.2, 0.25) is 5.02 Å². The number of aromatic nitrogens is 2. The molecule has 0 saturated heterocycles. The van der Waals surface area contributed by atoms with Crippen LogP contribution in [-0.4, -0.2) is 14.7 Å². The highest BCUT2D eigenvalue weighted by molar-refractivity contribution is 6.30. The van der Waals surface area contributed by atoms with Gasteiger partial charge in [-0.05, 0) is 36.4 Å². The van der Waals surface area contributed by atoms with Crippen molar-refractivity contribution in [3.63, 3.8) is 0 Å². The molecule has 98 valence electrons. The van der Waals surface area contributed by atoms with Gasteiger partial charge in [-0.3, -0.25) is 4.57 Å². The molecule has 4 heteroatoms. The van der Waals surface area contributed by atoms with Gasteiger partial charge in [-0.1, -0.05) is 29.8 Å². The largest absolute Gasteiger partial charge is 0.369 e. The van der Waals surface area contributed by atoms with Crippen molar-refractivity contribution in [2.75, 3.05) is 0 Å². The van der Waals surface area contributed by atoms with Crippen LogP contribution in [0, 0.1) is 0 Å². The van der Waals surface area contributed by atoms with Gasteiger partial charge in [0.05, 0.1) is 11.0 Å². The normalized spacial score (nSPS) is 16.8. The van der Waals surface area contributed by atoms with Crippen LogP contribution in [0.3, 0.4) is 0 Å². The highest BCUT2D eigenvalue weighted by Crippen LogP contribution is 2.34. The molecule has 1 aromatic heterocycles. The first-order chi connectivity index (χ1) is 9.74. The molecule has 0 amide bonds. The molecule has 1 aliphatic heterocycles. The van der Waals surface area contributed by atoms with Gasteiger partial charge in [0.15, 0.2) is 6.23 Å². The number of hydrogen-bond acceptors (Lipinski definition) is 2. The Labute approximate surface area is 120 Å². The summed E-state index contributed by atoms with van der Waals surface area (Å²) in [6.07, 6.45) is 3.00. The lowest BCUT2D eigenvalue weighted by molar-refractivity contribution is 0.160. The molecule has 4 rings (SSSR count). The lowest BCUT2D eigenvalue weighted by atomic mass is 10.1. The van der Waals surface area contributed by atoms with E-state index < -0.39 is 6.23 Å². The lowest BCUT2D eigenvalue weighted by Crippen LogP contribution is -2.10. The van der Waals surface area contributed by atoms with Crippen molar-refractivity contribution in [2.24, 2.45) is 0 Å². The van der Waals surface area contributed by atoms with Gasteiger partial charge in [0.1, 0.15) is 5.82 Å². The molecule has 1 atom stereocenters. The van der Waals surface area contributed by atoms with E-state index in [1.165, 1.54) is 0 Å². The summed E-state index contributed by atoms with van der Waals surface area (Å²) in [5, 5.41) is 11.0. The number of nitrogens with zero attached hydrogens (tertiary/aromatic N) is 2. The summed E-state index contributed by atoms with van der Waals surface area (Å²) < 4.78 is 1.86. The maximum absolute atomic E-state index is 10.3. The Morgan fingerprint density at radius 2 is 1.90 bits per heavy atom. The Bertz CT molecular complexity index is 834. The number of para-hydroxylation sites is 1. The zero-order valence-electron chi connectivity index (χ0n) is 10.5. The van der Waals surface area contributed by atoms with Gasteiger partial charge in [0, 0.05) is 16.1 Å². The van der Waals surface area contributed by atoms with Crippen molar-refractivity contribution >= 4 is 28.7 Å². The summed E-state index contributed by atoms with van der Waals surface area (Å²) in [4.78, 5) is 4.65. The van der Waals surface area contributed by atoms with Gasteiger partial charge in [-0.15, -0.1) is 0 Å². The van der Waals surface area contributed by atoms with Gasteiger partial charge in [-0.2, -0.15) is 0 Å². The quantitative estimate of drug-likeness (QED) is 0.736. The number of halogens is 1. The zero-order valence-corrected chi connectivity index (χ0v) is 11.2. The van der Waals surface area contributed by atoms with E-state index >= 15 is 0 Å². The van der Waals surface area contributed by atoms with E-state index in [9.17, 15) is 5.11 Å². The minimum atomic E-state index is -0.694. The first kappa shape index (κ1) is 11.7. The smallest absolute Gasteiger partial charge is 0.152 e. The zero-order chi connectivity index (χ0) is 13.7. The van der Waals surface area contributed by atoms with Crippen LogP contribution in [0.5, 0.6) is 0 Å². The summed E-state index contributed by atoms with van der Waals surface area (Å²) >= 11 is 5.93. The highest BCUT2D eigenvalue weighted by atomic mass is 35.5. The second-order valence-corrected chi connectivity index (χ2v) is 5.24. The first-order valence-electron chi connectivity index (χ1n) is 6.37. The van der Waals surface area contributed by atoms with Crippen molar-refractivity contribution < 1.29 is 5.11 Å². The minimum absolute atomic E-state index is 0.685. The fourth-order valence-electron chi connectivity index (χ4n) is 2.65. The third-order valence-corrected chi connectivity index (χ3v) is 3.81. The Morgan fingerprint density at radius 3 is 2.70 bits per heavy atom. The molecule has 2 aromatic carbocycles. The van der Waals surface area contributed by atoms with E-state index in [-0.39, 0.29) is 0 Å². The third kappa shape index (κ3) is 1.60. The molecule has 3 nitrogen and oxygen atoms in total. The van der Waals surface area contributed by atoms with Crippen LogP contribution in [0.25, 0.3) is 28.5 Å². The Hall–Kier alpha value is -2.10. The summed E-state index contributed by atoms with van der Waals surface area (Å²) in [6.45, 7) is 0. The van der Waals surface area contributed by atoms with Crippen molar-refractivity contribution in [1.29, 1.82) is 0 Å². The van der Waals surface area contributed by atoms with Gasteiger partial charge < -0.3 is 5.11 Å². The van der Waals surface area contributed by atoms with Crippen LogP contribution < -0.4 is 0 Å². The average molecular weight is 283 g/mol. The molecule has 1 aliphatic rings. The Balaban J connectivity index is 2.05. The first-order valence-corrected chi connectivity index (χ1v) is 6.75. The molecule has 1 N–H and O–H groups in total. The maximum atomic E-state index is 10.3. The predicted octanol–water partition coefficient (Wildman–Crippen LogP) is 3.87. The Kier molecular flexibility index (Phi) is 2.46. The van der Waals surface area contributed by atoms with Crippen LogP contribution in [0.1, 0.15) is 11.8 Å². The standard InChI is InChI=1S/C16H11ClN2O/c17-12-7-4-11(5-8-12)16-18-13-3-1-2-10-6-9-14(20)19(16)15(10)13/h1-9,14,20H. The Morgan fingerprint density at radius 1 is 1.10 bits per heavy atom. The SMILES string of the molecule is OC1C=Cc2cccc3nc(-c4ccc(Cl)cc4)n1c23. The van der Waals surface area contributed by atoms with Crippen molar-refractivity contribution in [2.45, 2.75) is 6.23 Å². The molecule has 2 heterocycles. The van der Waals surface area contributed by atoms with E-state index in [0.29, 0.717) is 5.02 Å². The molecule has 3 aromatic rings. The molecule has 0 bridgehead atoms. The minimum Gasteiger partial charge on any atom is -0.369 e. The second kappa shape index (κ2) is 4.20. The van der Waals surface area contributed by atoms with E-state index in [1.807, 2.05) is 53.1 Å². The van der Waals surface area contributed by atoms with Crippen LogP contribution in [0.15, 0.2) is 48.5 Å². The molecule has 0 saturated carbocycles. The van der Waals surface area contributed by atoms with Gasteiger partial charge in [0.2, 0.25) is 0 Å². The third-order valence-electron chi connectivity index (χ3n) is 3.56. The van der Waals surface area contributed by atoms with E-state index in [1.54, 1.807) is 6.08 Å². The number of benzene rings is 2. The fourth-order valence-corrected chi connectivity index (χ4v) is 2.77. The highest BCUT2D eigenvalue weighted by Gasteiger charge is 2.21. The predicted molar refractivity (Wildman–Crippen MR) is 80.5 cm³/mol. The molecule has 20 heavy (non-hydrogen) atoms. The summed E-state index contributed by atoms with van der Waals surface area (Å²) in [6, 6.07) is 13.4. The molecule has 1 unspecified atom stereocenters. The number of aliphatic hydroxyl groups is 1. The molecule has 0 spiro atoms. The van der Waals surface area contributed by atoms with Crippen LogP contribution >= 0.6 is 11.6 Å². The number of aliphatic hydroxyl groups excluding tert-OH is 1. The topological polar surface area (TPSA) is 38.1 Å². The summed E-state index contributed by atoms with van der Waals surface area (Å²) in [5.74, 6) is 0.751. The van der Waals surface area contributed by atoms with Crippen molar-refractivity contribution in [3.05, 3.63) is 59.1 Å². The van der Waals surface area contributed by atoms with Gasteiger partial charge in [0.25, 0.3) is 0 Å². The second-order valence-electron chi connectivity index (χ2n) is 4.80. The van der Waals surface area contributed by atoms with Crippen molar-refractivity contribution in [1.82, 2.24) is 9.55 Å². The number of hydrogen-bond donors (Lipinski definition) is 1. The molecular formula is C16H11ClN2O. The van der Waals surface area contributed by atoms with Gasteiger partial charge in [-0.25, -0.2) is 4.98 Å². The molecule has 0 radical (unpaired) electrons. The lowest BCUT2D eigenvalue weighted by Gasteiger charge is -2.18. The van der Waals surface area contributed by atoms with Crippen LogP contribution in [-0.2, 0) is 0 Å². The molecule has 0 fully saturated rings. The average Bonchev–Trinajstić information content (AvgIpc) is 2.85. The summed E-state index contributed by atoms with van der Waals surface area (Å²) in [5.41, 5.74) is 3.86. The van der Waals surface area contributed by atoms with E-state index in [2.05, 4.69) is 4.98 Å². The monoisotopic (exact) mass is 282 g/mol.